The Morgan fingerprint density at radius 1 is 1.08 bits per heavy atom. The van der Waals surface area contributed by atoms with Gasteiger partial charge in [-0.15, -0.1) is 0 Å². The van der Waals surface area contributed by atoms with Crippen LogP contribution in [-0.2, 0) is 0 Å². The maximum atomic E-state index is 11.7. The molecule has 0 bridgehead atoms. The van der Waals surface area contributed by atoms with E-state index in [1.807, 2.05) is 22.9 Å². The number of piperazine rings is 1. The van der Waals surface area contributed by atoms with Gasteiger partial charge in [0.15, 0.2) is 0 Å². The molecule has 0 radical (unpaired) electrons. The number of para-hydroxylation sites is 1. The molecule has 0 unspecified atom stereocenters. The third-order valence-electron chi connectivity index (χ3n) is 7.33. The van der Waals surface area contributed by atoms with E-state index in [9.17, 15) is 10.1 Å². The molecule has 10 heteroatoms. The molecule has 4 rings (SSSR count). The van der Waals surface area contributed by atoms with Crippen molar-refractivity contribution in [3.05, 3.63) is 70.0 Å². The molecule has 2 heterocycles. The smallest absolute Gasteiger partial charge is 0.271 e. The third kappa shape index (κ3) is 5.03. The molecule has 1 aliphatic rings. The second kappa shape index (κ2) is 11.0. The molecule has 0 spiro atoms. The highest BCUT2D eigenvalue weighted by molar-refractivity contribution is 7.73. The molecule has 2 aromatic carbocycles. The van der Waals surface area contributed by atoms with Gasteiger partial charge in [-0.05, 0) is 38.6 Å². The lowest BCUT2D eigenvalue weighted by Crippen LogP contribution is -2.49. The molecule has 0 aliphatic carbocycles. The summed E-state index contributed by atoms with van der Waals surface area (Å²) < 4.78 is 15.8. The van der Waals surface area contributed by atoms with Crippen LogP contribution in [0.4, 0.5) is 11.4 Å². The lowest BCUT2D eigenvalue weighted by atomic mass is 10.2. The highest BCUT2D eigenvalue weighted by Gasteiger charge is 2.45. The van der Waals surface area contributed by atoms with E-state index in [-0.39, 0.29) is 15.8 Å². The van der Waals surface area contributed by atoms with E-state index in [1.165, 1.54) is 6.07 Å². The van der Waals surface area contributed by atoms with Gasteiger partial charge >= 0.3 is 0 Å². The summed E-state index contributed by atoms with van der Waals surface area (Å²) in [6, 6.07) is 14.8. The lowest BCUT2D eigenvalue weighted by Gasteiger charge is -2.48. The molecule has 0 N–H and O–H groups in total. The first-order valence-electron chi connectivity index (χ1n) is 13.1. The van der Waals surface area contributed by atoms with E-state index < -0.39 is 7.21 Å². The first kappa shape index (κ1) is 28.0. The molecule has 1 aromatic heterocycles. The number of likely N-dealkylation sites (N-methyl/N-ethyl adjacent to an activating group) is 1. The van der Waals surface area contributed by atoms with Crippen LogP contribution in [0.2, 0.25) is 0 Å². The van der Waals surface area contributed by atoms with Crippen LogP contribution in [0, 0.1) is 24.0 Å². The van der Waals surface area contributed by atoms with Gasteiger partial charge in [0.25, 0.3) is 5.69 Å². The molecule has 1 aliphatic heterocycles. The summed E-state index contributed by atoms with van der Waals surface area (Å²) in [4.78, 5) is 13.8. The second-order valence-corrected chi connectivity index (χ2v) is 14.4. The number of methoxy groups -OCH3 is 1. The molecular weight excluding hydrogens is 499 g/mol. The van der Waals surface area contributed by atoms with Crippen LogP contribution in [0.15, 0.2) is 53.3 Å². The normalized spacial score (nSPS) is 16.7. The van der Waals surface area contributed by atoms with Crippen molar-refractivity contribution in [3.8, 4) is 11.4 Å². The van der Waals surface area contributed by atoms with Gasteiger partial charge in [-0.3, -0.25) is 14.8 Å². The molecule has 0 amide bonds. The number of nitro groups is 1. The van der Waals surface area contributed by atoms with Gasteiger partial charge in [0.1, 0.15) is 11.4 Å². The number of aryl methyl sites for hydroxylation is 1. The van der Waals surface area contributed by atoms with Crippen LogP contribution in [-0.4, -0.2) is 69.3 Å². The first-order valence-corrected chi connectivity index (χ1v) is 14.8. The molecule has 38 heavy (non-hydrogen) atoms. The number of non-ortho nitro benzene ring substituents is 1. The van der Waals surface area contributed by atoms with Crippen molar-refractivity contribution in [3.63, 3.8) is 0 Å². The van der Waals surface area contributed by atoms with E-state index in [0.29, 0.717) is 11.4 Å². The number of aromatic nitrogens is 2. The summed E-state index contributed by atoms with van der Waals surface area (Å²) in [6.45, 7) is 17.7. The zero-order valence-corrected chi connectivity index (χ0v) is 24.4. The van der Waals surface area contributed by atoms with Crippen LogP contribution >= 0.6 is 7.21 Å². The van der Waals surface area contributed by atoms with Crippen LogP contribution in [0.3, 0.4) is 0 Å². The Morgan fingerprint density at radius 3 is 2.29 bits per heavy atom. The molecule has 1 atom stereocenters. The van der Waals surface area contributed by atoms with E-state index in [4.69, 9.17) is 14.6 Å². The summed E-state index contributed by atoms with van der Waals surface area (Å²) in [6.07, 6.45) is 0. The van der Waals surface area contributed by atoms with Gasteiger partial charge in [-0.25, -0.2) is 9.43 Å². The molecular formula is C28H39N6O3P. The van der Waals surface area contributed by atoms with E-state index >= 15 is 0 Å². The third-order valence-corrected chi connectivity index (χ3v) is 12.2. The van der Waals surface area contributed by atoms with Gasteiger partial charge in [0.2, 0.25) is 0 Å². The fourth-order valence-corrected chi connectivity index (χ4v) is 10.0. The Balaban J connectivity index is 2.08. The van der Waals surface area contributed by atoms with Crippen LogP contribution in [0.1, 0.15) is 39.1 Å². The van der Waals surface area contributed by atoms with Crippen molar-refractivity contribution >= 4 is 23.9 Å². The Kier molecular flexibility index (Phi) is 8.12. The largest absolute Gasteiger partial charge is 0.494 e. The predicted octanol–water partition coefficient (Wildman–Crippen LogP) is 5.92. The predicted molar refractivity (Wildman–Crippen MR) is 155 cm³/mol. The molecule has 3 aromatic rings. The van der Waals surface area contributed by atoms with Gasteiger partial charge in [-0.2, -0.15) is 5.10 Å². The highest BCUT2D eigenvalue weighted by atomic mass is 31.2. The number of nitro benzene ring substituents is 1. The fourth-order valence-electron chi connectivity index (χ4n) is 5.44. The number of hydrogen-bond donors (Lipinski definition) is 0. The Morgan fingerprint density at radius 2 is 1.74 bits per heavy atom. The quantitative estimate of drug-likeness (QED) is 0.211. The van der Waals surface area contributed by atoms with Crippen molar-refractivity contribution in [2.75, 3.05) is 39.8 Å². The maximum Gasteiger partial charge on any atom is 0.271 e. The SMILES string of the molecule is CCN1CCN([P@@](=Nc2cc([N+](=O)[O-])ccc2OC)(c2c(C)nn(-c3ccccc3)c2C)C(C)(C)C)CC1. The average molecular weight is 539 g/mol. The topological polar surface area (TPSA) is 89.0 Å². The summed E-state index contributed by atoms with van der Waals surface area (Å²) in [7, 11) is -1.00. The number of rotatable bonds is 7. The van der Waals surface area contributed by atoms with E-state index in [2.05, 4.69) is 63.2 Å². The van der Waals surface area contributed by atoms with Crippen molar-refractivity contribution in [1.82, 2.24) is 19.4 Å². The maximum absolute atomic E-state index is 11.7. The van der Waals surface area contributed by atoms with Crippen molar-refractivity contribution in [1.29, 1.82) is 0 Å². The summed E-state index contributed by atoms with van der Waals surface area (Å²) >= 11 is 0. The van der Waals surface area contributed by atoms with Crippen LogP contribution < -0.4 is 10.0 Å². The van der Waals surface area contributed by atoms with Gasteiger partial charge in [0.05, 0.1) is 41.6 Å². The van der Waals surface area contributed by atoms with Gasteiger partial charge in [-0.1, -0.05) is 45.9 Å². The van der Waals surface area contributed by atoms with Gasteiger partial charge in [0, 0.05) is 43.5 Å². The monoisotopic (exact) mass is 538 g/mol. The number of hydrogen-bond acceptors (Lipinski definition) is 6. The Hall–Kier alpha value is -3.00. The van der Waals surface area contributed by atoms with Crippen LogP contribution in [0.25, 0.3) is 5.69 Å². The second-order valence-electron chi connectivity index (χ2n) is 10.6. The zero-order chi connectivity index (χ0) is 27.7. The fraction of sp³-hybridized carbons (Fsp3) is 0.464. The molecule has 204 valence electrons. The minimum absolute atomic E-state index is 0.000728. The van der Waals surface area contributed by atoms with Crippen molar-refractivity contribution in [2.45, 2.75) is 46.7 Å². The lowest BCUT2D eigenvalue weighted by molar-refractivity contribution is -0.384. The zero-order valence-electron chi connectivity index (χ0n) is 23.5. The molecule has 1 fully saturated rings. The van der Waals surface area contributed by atoms with E-state index in [1.54, 1.807) is 19.2 Å². The Labute approximate surface area is 225 Å². The van der Waals surface area contributed by atoms with E-state index in [0.717, 1.165) is 55.1 Å². The molecule has 0 saturated carbocycles. The Bertz CT molecular complexity index is 1350. The van der Waals surface area contributed by atoms with Crippen LogP contribution in [0.5, 0.6) is 5.75 Å². The number of ether oxygens (including phenoxy) is 1. The van der Waals surface area contributed by atoms with Crippen molar-refractivity contribution < 1.29 is 9.66 Å². The number of nitrogens with zero attached hydrogens (tertiary/aromatic N) is 6. The number of benzene rings is 2. The van der Waals surface area contributed by atoms with Crippen molar-refractivity contribution in [2.24, 2.45) is 4.74 Å². The standard InChI is InChI=1S/C28H39N6O3P/c1-8-31-16-18-32(19-17-31)38(28(4,5)6,30-25-20-24(34(35)36)14-15-26(25)37-7)27-21(2)29-33(22(27)3)23-12-10-9-11-13-23/h9-15,20H,8,16-19H2,1-7H3/t38-/m0/s1. The minimum atomic E-state index is -2.59. The summed E-state index contributed by atoms with van der Waals surface area (Å²) in [5.41, 5.74) is 3.48. The average Bonchev–Trinajstić information content (AvgIpc) is 3.20. The molecule has 1 saturated heterocycles. The summed E-state index contributed by atoms with van der Waals surface area (Å²) in [5, 5.41) is 17.6. The minimum Gasteiger partial charge on any atom is -0.494 e. The summed E-state index contributed by atoms with van der Waals surface area (Å²) in [5.74, 6) is 0.530. The highest BCUT2D eigenvalue weighted by Crippen LogP contribution is 2.66. The molecule has 9 nitrogen and oxygen atoms in total. The van der Waals surface area contributed by atoms with Gasteiger partial charge < -0.3 is 9.64 Å². The first-order chi connectivity index (χ1) is 18.0.